The number of rotatable bonds is 4. The molecule has 0 spiro atoms. The molecular weight excluding hydrogens is 338 g/mol. The SMILES string of the molecule is CC(C)N(CC(N)=O)c1ncc(Br)cc1Br. The number of amides is 1. The fourth-order valence-corrected chi connectivity index (χ4v) is 2.50. The van der Waals surface area contributed by atoms with Crippen LogP contribution >= 0.6 is 31.9 Å². The van der Waals surface area contributed by atoms with Crippen LogP contribution in [0, 0.1) is 0 Å². The summed E-state index contributed by atoms with van der Waals surface area (Å²) in [5.74, 6) is 0.349. The van der Waals surface area contributed by atoms with Crippen LogP contribution in [0.5, 0.6) is 0 Å². The number of carbonyl (C=O) groups is 1. The van der Waals surface area contributed by atoms with Crippen molar-refractivity contribution in [3.05, 3.63) is 21.2 Å². The predicted octanol–water partition coefficient (Wildman–Crippen LogP) is 2.31. The van der Waals surface area contributed by atoms with Crippen LogP contribution in [-0.4, -0.2) is 23.5 Å². The molecule has 0 saturated heterocycles. The smallest absolute Gasteiger partial charge is 0.237 e. The van der Waals surface area contributed by atoms with Crippen LogP contribution in [0.4, 0.5) is 5.82 Å². The van der Waals surface area contributed by atoms with E-state index in [9.17, 15) is 4.79 Å². The lowest BCUT2D eigenvalue weighted by molar-refractivity contribution is -0.116. The minimum absolute atomic E-state index is 0.150. The Bertz CT molecular complexity index is 396. The van der Waals surface area contributed by atoms with Crippen molar-refractivity contribution in [2.24, 2.45) is 5.73 Å². The highest BCUT2D eigenvalue weighted by Gasteiger charge is 2.17. The molecule has 0 aromatic carbocycles. The first-order valence-electron chi connectivity index (χ1n) is 4.77. The first kappa shape index (κ1) is 13.4. The third-order valence-corrected chi connectivity index (χ3v) is 3.03. The van der Waals surface area contributed by atoms with Crippen molar-refractivity contribution in [2.45, 2.75) is 19.9 Å². The second-order valence-electron chi connectivity index (χ2n) is 3.65. The van der Waals surface area contributed by atoms with E-state index in [2.05, 4.69) is 36.8 Å². The molecule has 2 N–H and O–H groups in total. The molecule has 0 bridgehead atoms. The third kappa shape index (κ3) is 3.45. The number of anilines is 1. The zero-order chi connectivity index (χ0) is 12.3. The van der Waals surface area contributed by atoms with Crippen molar-refractivity contribution in [3.8, 4) is 0 Å². The van der Waals surface area contributed by atoms with Crippen LogP contribution in [0.2, 0.25) is 0 Å². The van der Waals surface area contributed by atoms with E-state index in [1.165, 1.54) is 0 Å². The molecule has 88 valence electrons. The van der Waals surface area contributed by atoms with Gasteiger partial charge >= 0.3 is 0 Å². The molecule has 0 atom stereocenters. The standard InChI is InChI=1S/C10H13Br2N3O/c1-6(2)15(5-9(13)16)10-8(12)3-7(11)4-14-10/h3-4,6H,5H2,1-2H3,(H2,13,16). The summed E-state index contributed by atoms with van der Waals surface area (Å²) in [6.07, 6.45) is 1.69. The van der Waals surface area contributed by atoms with Crippen molar-refractivity contribution in [1.82, 2.24) is 4.98 Å². The summed E-state index contributed by atoms with van der Waals surface area (Å²) in [5, 5.41) is 0. The number of hydrogen-bond donors (Lipinski definition) is 1. The number of hydrogen-bond acceptors (Lipinski definition) is 3. The largest absolute Gasteiger partial charge is 0.368 e. The molecule has 0 unspecified atom stereocenters. The lowest BCUT2D eigenvalue weighted by atomic mass is 10.3. The van der Waals surface area contributed by atoms with E-state index in [1.807, 2.05) is 24.8 Å². The van der Waals surface area contributed by atoms with Gasteiger partial charge in [-0.3, -0.25) is 4.79 Å². The number of primary amides is 1. The fraction of sp³-hybridized carbons (Fsp3) is 0.400. The zero-order valence-electron chi connectivity index (χ0n) is 9.08. The van der Waals surface area contributed by atoms with E-state index in [0.717, 1.165) is 14.8 Å². The monoisotopic (exact) mass is 349 g/mol. The maximum absolute atomic E-state index is 11.0. The van der Waals surface area contributed by atoms with Gasteiger partial charge in [-0.25, -0.2) is 4.98 Å². The zero-order valence-corrected chi connectivity index (χ0v) is 12.2. The summed E-state index contributed by atoms with van der Waals surface area (Å²) >= 11 is 6.75. The van der Waals surface area contributed by atoms with Gasteiger partial charge in [0.25, 0.3) is 0 Å². The lowest BCUT2D eigenvalue weighted by Crippen LogP contribution is -2.39. The molecule has 1 amide bonds. The summed E-state index contributed by atoms with van der Waals surface area (Å²) in [6, 6.07) is 2.04. The van der Waals surface area contributed by atoms with Gasteiger partial charge in [0.1, 0.15) is 5.82 Å². The maximum atomic E-state index is 11.0. The Morgan fingerprint density at radius 3 is 2.62 bits per heavy atom. The predicted molar refractivity (Wildman–Crippen MR) is 71.3 cm³/mol. The third-order valence-electron chi connectivity index (χ3n) is 2.01. The number of pyridine rings is 1. The van der Waals surface area contributed by atoms with Crippen LogP contribution in [-0.2, 0) is 4.79 Å². The van der Waals surface area contributed by atoms with Crippen LogP contribution in [0.15, 0.2) is 21.2 Å². The van der Waals surface area contributed by atoms with Gasteiger partial charge in [-0.05, 0) is 51.8 Å². The second-order valence-corrected chi connectivity index (χ2v) is 5.42. The Kier molecular flexibility index (Phi) is 4.73. The molecule has 0 aliphatic carbocycles. The highest BCUT2D eigenvalue weighted by molar-refractivity contribution is 9.11. The molecule has 0 aliphatic heterocycles. The maximum Gasteiger partial charge on any atom is 0.237 e. The van der Waals surface area contributed by atoms with Crippen molar-refractivity contribution in [2.75, 3.05) is 11.4 Å². The quantitative estimate of drug-likeness (QED) is 0.906. The van der Waals surface area contributed by atoms with Crippen molar-refractivity contribution < 1.29 is 4.79 Å². The molecule has 0 fully saturated rings. The van der Waals surface area contributed by atoms with Gasteiger partial charge in [0.05, 0.1) is 11.0 Å². The number of halogens is 2. The molecule has 16 heavy (non-hydrogen) atoms. The first-order valence-corrected chi connectivity index (χ1v) is 6.36. The average Bonchev–Trinajstić information content (AvgIpc) is 2.14. The van der Waals surface area contributed by atoms with E-state index in [-0.39, 0.29) is 18.5 Å². The highest BCUT2D eigenvalue weighted by Crippen LogP contribution is 2.27. The highest BCUT2D eigenvalue weighted by atomic mass is 79.9. The van der Waals surface area contributed by atoms with Gasteiger partial charge in [0.2, 0.25) is 5.91 Å². The summed E-state index contributed by atoms with van der Waals surface area (Å²) in [4.78, 5) is 17.1. The van der Waals surface area contributed by atoms with E-state index < -0.39 is 0 Å². The van der Waals surface area contributed by atoms with Gasteiger partial charge in [0, 0.05) is 16.7 Å². The van der Waals surface area contributed by atoms with E-state index in [4.69, 9.17) is 5.73 Å². The van der Waals surface area contributed by atoms with Gasteiger partial charge < -0.3 is 10.6 Å². The molecule has 1 aromatic rings. The summed E-state index contributed by atoms with van der Waals surface area (Å²) in [7, 11) is 0. The summed E-state index contributed by atoms with van der Waals surface area (Å²) < 4.78 is 1.71. The topological polar surface area (TPSA) is 59.2 Å². The van der Waals surface area contributed by atoms with Crippen molar-refractivity contribution in [1.29, 1.82) is 0 Å². The molecule has 1 heterocycles. The van der Waals surface area contributed by atoms with Gasteiger partial charge in [-0.2, -0.15) is 0 Å². The number of nitrogens with two attached hydrogens (primary N) is 1. The number of aromatic nitrogens is 1. The molecule has 1 aromatic heterocycles. The first-order chi connectivity index (χ1) is 7.41. The Balaban J connectivity index is 3.05. The lowest BCUT2D eigenvalue weighted by Gasteiger charge is -2.27. The van der Waals surface area contributed by atoms with E-state index in [1.54, 1.807) is 6.20 Å². The molecule has 4 nitrogen and oxygen atoms in total. The Hall–Kier alpha value is -0.620. The summed E-state index contributed by atoms with van der Waals surface area (Å²) in [6.45, 7) is 4.13. The molecular formula is C10H13Br2N3O. The Morgan fingerprint density at radius 1 is 1.56 bits per heavy atom. The number of carbonyl (C=O) groups excluding carboxylic acids is 1. The van der Waals surface area contributed by atoms with Crippen LogP contribution in [0.1, 0.15) is 13.8 Å². The van der Waals surface area contributed by atoms with Gasteiger partial charge in [-0.15, -0.1) is 0 Å². The molecule has 0 aliphatic rings. The minimum atomic E-state index is -0.370. The Morgan fingerprint density at radius 2 is 2.19 bits per heavy atom. The molecule has 6 heteroatoms. The van der Waals surface area contributed by atoms with E-state index >= 15 is 0 Å². The van der Waals surface area contributed by atoms with Crippen LogP contribution in [0.3, 0.4) is 0 Å². The molecule has 0 radical (unpaired) electrons. The van der Waals surface area contributed by atoms with Gasteiger partial charge in [0.15, 0.2) is 0 Å². The van der Waals surface area contributed by atoms with E-state index in [0.29, 0.717) is 0 Å². The fourth-order valence-electron chi connectivity index (χ4n) is 1.29. The molecule has 1 rings (SSSR count). The number of nitrogens with zero attached hydrogens (tertiary/aromatic N) is 2. The van der Waals surface area contributed by atoms with Gasteiger partial charge in [-0.1, -0.05) is 0 Å². The molecule has 0 saturated carbocycles. The van der Waals surface area contributed by atoms with Crippen molar-refractivity contribution in [3.63, 3.8) is 0 Å². The normalized spacial score (nSPS) is 10.6. The minimum Gasteiger partial charge on any atom is -0.368 e. The summed E-state index contributed by atoms with van der Waals surface area (Å²) in [5.41, 5.74) is 5.22. The second kappa shape index (κ2) is 5.63. The van der Waals surface area contributed by atoms with Crippen molar-refractivity contribution >= 4 is 43.6 Å². The van der Waals surface area contributed by atoms with Crippen LogP contribution in [0.25, 0.3) is 0 Å². The average molecular weight is 351 g/mol. The van der Waals surface area contributed by atoms with Crippen LogP contribution < -0.4 is 10.6 Å². The Labute approximate surface area is 111 Å².